The number of benzene rings is 3. The van der Waals surface area contributed by atoms with E-state index < -0.39 is 5.82 Å². The maximum absolute atomic E-state index is 13.8. The Morgan fingerprint density at radius 3 is 2.54 bits per heavy atom. The third-order valence-corrected chi connectivity index (χ3v) is 5.74. The van der Waals surface area contributed by atoms with Crippen LogP contribution in [0.15, 0.2) is 71.9 Å². The summed E-state index contributed by atoms with van der Waals surface area (Å²) in [4.78, 5) is 20.7. The van der Waals surface area contributed by atoms with Gasteiger partial charge < -0.3 is 23.9 Å². The summed E-state index contributed by atoms with van der Waals surface area (Å²) in [5, 5.41) is 4.25. The predicted octanol–water partition coefficient (Wildman–Crippen LogP) is 4.69. The van der Waals surface area contributed by atoms with Gasteiger partial charge in [0.1, 0.15) is 11.6 Å². The van der Waals surface area contributed by atoms with Crippen LogP contribution in [0.25, 0.3) is 0 Å². The minimum absolute atomic E-state index is 0.270. The van der Waals surface area contributed by atoms with Crippen LogP contribution in [0.1, 0.15) is 27.9 Å². The molecule has 3 aromatic rings. The molecular weight excluding hydrogens is 451 g/mol. The minimum Gasteiger partial charge on any atom is -0.497 e. The van der Waals surface area contributed by atoms with Crippen molar-refractivity contribution in [2.24, 2.45) is 5.16 Å². The second kappa shape index (κ2) is 10.9. The number of carbonyl (C=O) groups excluding carboxylic acids is 1. The van der Waals surface area contributed by atoms with Gasteiger partial charge in [-0.3, -0.25) is 4.79 Å². The van der Waals surface area contributed by atoms with Gasteiger partial charge in [-0.1, -0.05) is 23.4 Å². The summed E-state index contributed by atoms with van der Waals surface area (Å²) < 4.78 is 29.8. The van der Waals surface area contributed by atoms with Crippen LogP contribution in [0, 0.1) is 5.82 Å². The van der Waals surface area contributed by atoms with E-state index in [0.717, 1.165) is 16.8 Å². The van der Waals surface area contributed by atoms with E-state index in [1.807, 2.05) is 42.5 Å². The Bertz CT molecular complexity index is 1230. The number of rotatable bonds is 9. The van der Waals surface area contributed by atoms with Crippen LogP contribution in [0.4, 0.5) is 4.39 Å². The zero-order chi connectivity index (χ0) is 24.8. The second-order valence-corrected chi connectivity index (χ2v) is 8.09. The molecule has 1 atom stereocenters. The number of oxime groups is 1. The Hall–Kier alpha value is -4.07. The Balaban J connectivity index is 1.53. The van der Waals surface area contributed by atoms with E-state index in [0.29, 0.717) is 30.2 Å². The van der Waals surface area contributed by atoms with Crippen molar-refractivity contribution in [1.82, 2.24) is 4.90 Å². The number of hydrogen-bond donors (Lipinski definition) is 0. The molecule has 0 saturated carbocycles. The van der Waals surface area contributed by atoms with Crippen LogP contribution in [-0.2, 0) is 11.4 Å². The first-order valence-corrected chi connectivity index (χ1v) is 11.1. The fourth-order valence-corrected chi connectivity index (χ4v) is 3.97. The Morgan fingerprint density at radius 1 is 1.00 bits per heavy atom. The summed E-state index contributed by atoms with van der Waals surface area (Å²) in [5.41, 5.74) is 2.75. The van der Waals surface area contributed by atoms with Gasteiger partial charge >= 0.3 is 0 Å². The molecule has 1 heterocycles. The molecule has 1 aliphatic rings. The molecule has 3 aromatic carbocycles. The predicted molar refractivity (Wildman–Crippen MR) is 130 cm³/mol. The normalized spacial score (nSPS) is 14.6. The van der Waals surface area contributed by atoms with Gasteiger partial charge in [0, 0.05) is 24.1 Å². The molecule has 1 amide bonds. The highest BCUT2D eigenvalue weighted by atomic mass is 19.1. The first-order chi connectivity index (χ1) is 17.0. The molecule has 0 spiro atoms. The van der Waals surface area contributed by atoms with Gasteiger partial charge in [-0.15, -0.1) is 0 Å². The smallest absolute Gasteiger partial charge is 0.254 e. The third-order valence-electron chi connectivity index (χ3n) is 5.74. The number of amides is 1. The summed E-state index contributed by atoms with van der Waals surface area (Å²) in [7, 11) is 4.75. The van der Waals surface area contributed by atoms with E-state index in [2.05, 4.69) is 5.16 Å². The van der Waals surface area contributed by atoms with Gasteiger partial charge in [-0.05, 0) is 54.1 Å². The van der Waals surface area contributed by atoms with Crippen LogP contribution < -0.4 is 14.2 Å². The molecule has 8 heteroatoms. The SMILES string of the molecule is COc1cccc(CN(CC2CC(c3ccc(OC)c(OC)c3)=NO2)C(=O)c2cccc(F)c2)c1. The minimum atomic E-state index is -0.464. The summed E-state index contributed by atoms with van der Waals surface area (Å²) >= 11 is 0. The molecule has 0 bridgehead atoms. The summed E-state index contributed by atoms with van der Waals surface area (Å²) in [6.07, 6.45) is 0.141. The van der Waals surface area contributed by atoms with Gasteiger partial charge in [0.2, 0.25) is 0 Å². The van der Waals surface area contributed by atoms with E-state index in [1.54, 1.807) is 32.3 Å². The molecule has 0 saturated heterocycles. The van der Waals surface area contributed by atoms with Gasteiger partial charge in [0.05, 0.1) is 33.6 Å². The van der Waals surface area contributed by atoms with Crippen molar-refractivity contribution in [3.8, 4) is 17.2 Å². The lowest BCUT2D eigenvalue weighted by atomic mass is 10.0. The molecule has 1 aliphatic heterocycles. The molecule has 4 rings (SSSR count). The zero-order valence-electron chi connectivity index (χ0n) is 19.9. The van der Waals surface area contributed by atoms with Crippen molar-refractivity contribution in [2.75, 3.05) is 27.9 Å². The van der Waals surface area contributed by atoms with Crippen molar-refractivity contribution in [1.29, 1.82) is 0 Å². The van der Waals surface area contributed by atoms with E-state index in [1.165, 1.54) is 18.2 Å². The van der Waals surface area contributed by atoms with Gasteiger partial charge in [-0.25, -0.2) is 4.39 Å². The van der Waals surface area contributed by atoms with Crippen LogP contribution in [-0.4, -0.2) is 50.5 Å². The topological polar surface area (TPSA) is 69.6 Å². The van der Waals surface area contributed by atoms with Crippen LogP contribution in [0.5, 0.6) is 17.2 Å². The Morgan fingerprint density at radius 2 is 1.80 bits per heavy atom. The number of ether oxygens (including phenoxy) is 3. The molecule has 35 heavy (non-hydrogen) atoms. The number of carbonyl (C=O) groups is 1. The fourth-order valence-electron chi connectivity index (χ4n) is 3.97. The van der Waals surface area contributed by atoms with Crippen LogP contribution >= 0.6 is 0 Å². The molecule has 0 aromatic heterocycles. The first kappa shape index (κ1) is 24.1. The fraction of sp³-hybridized carbons (Fsp3) is 0.259. The highest BCUT2D eigenvalue weighted by Gasteiger charge is 2.28. The Kier molecular flexibility index (Phi) is 7.50. The van der Waals surface area contributed by atoms with E-state index >= 15 is 0 Å². The van der Waals surface area contributed by atoms with Gasteiger partial charge in [-0.2, -0.15) is 0 Å². The number of hydrogen-bond acceptors (Lipinski definition) is 6. The zero-order valence-corrected chi connectivity index (χ0v) is 19.9. The average Bonchev–Trinajstić information content (AvgIpc) is 3.36. The summed E-state index contributed by atoms with van der Waals surface area (Å²) in [6.45, 7) is 0.574. The highest BCUT2D eigenvalue weighted by molar-refractivity contribution is 6.02. The van der Waals surface area contributed by atoms with Gasteiger partial charge in [0.15, 0.2) is 17.6 Å². The maximum Gasteiger partial charge on any atom is 0.254 e. The van der Waals surface area contributed by atoms with Crippen LogP contribution in [0.3, 0.4) is 0 Å². The third kappa shape index (κ3) is 5.71. The lowest BCUT2D eigenvalue weighted by Crippen LogP contribution is -2.37. The molecule has 0 aliphatic carbocycles. The molecule has 0 N–H and O–H groups in total. The van der Waals surface area contributed by atoms with Crippen molar-refractivity contribution in [3.05, 3.63) is 89.2 Å². The monoisotopic (exact) mass is 478 g/mol. The van der Waals surface area contributed by atoms with Crippen molar-refractivity contribution in [3.63, 3.8) is 0 Å². The summed E-state index contributed by atoms with van der Waals surface area (Å²) in [6, 6.07) is 18.7. The molecule has 7 nitrogen and oxygen atoms in total. The quantitative estimate of drug-likeness (QED) is 0.446. The number of halogens is 1. The van der Waals surface area contributed by atoms with E-state index in [-0.39, 0.29) is 24.1 Å². The van der Waals surface area contributed by atoms with Crippen molar-refractivity contribution in [2.45, 2.75) is 19.1 Å². The first-order valence-electron chi connectivity index (χ1n) is 11.1. The van der Waals surface area contributed by atoms with Gasteiger partial charge in [0.25, 0.3) is 5.91 Å². The van der Waals surface area contributed by atoms with E-state index in [4.69, 9.17) is 19.0 Å². The molecule has 0 fully saturated rings. The summed E-state index contributed by atoms with van der Waals surface area (Å²) in [5.74, 6) is 1.15. The average molecular weight is 479 g/mol. The van der Waals surface area contributed by atoms with Crippen molar-refractivity contribution < 1.29 is 28.2 Å². The molecular formula is C27H27FN2O5. The number of nitrogens with zero attached hydrogens (tertiary/aromatic N) is 2. The lowest BCUT2D eigenvalue weighted by molar-refractivity contribution is 0.0405. The van der Waals surface area contributed by atoms with Crippen molar-refractivity contribution >= 4 is 11.6 Å². The highest BCUT2D eigenvalue weighted by Crippen LogP contribution is 2.30. The van der Waals surface area contributed by atoms with Crippen LogP contribution in [0.2, 0.25) is 0 Å². The standard InChI is InChI=1S/C27H27FN2O5/c1-32-22-9-4-6-18(12-22)16-30(27(31)20-7-5-8-21(28)13-20)17-23-15-24(29-35-23)19-10-11-25(33-2)26(14-19)34-3/h4-14,23H,15-17H2,1-3H3. The number of methoxy groups -OCH3 is 3. The molecule has 0 radical (unpaired) electrons. The molecule has 1 unspecified atom stereocenters. The van der Waals surface area contributed by atoms with E-state index in [9.17, 15) is 9.18 Å². The molecule has 182 valence electrons. The maximum atomic E-state index is 13.8. The Labute approximate surface area is 203 Å². The second-order valence-electron chi connectivity index (χ2n) is 8.09. The largest absolute Gasteiger partial charge is 0.497 e. The lowest BCUT2D eigenvalue weighted by Gasteiger charge is -2.25.